The molecule has 0 saturated heterocycles. The Kier molecular flexibility index (Phi) is 5.98. The molecule has 1 unspecified atom stereocenters. The number of halogens is 1. The van der Waals surface area contributed by atoms with Crippen LogP contribution in [0.15, 0.2) is 82.6 Å². The highest BCUT2D eigenvalue weighted by atomic mass is 35.5. The average Bonchev–Trinajstić information content (AvgIpc) is 3.26. The largest absolute Gasteiger partial charge is 0.268 e. The zero-order chi connectivity index (χ0) is 23.8. The Morgan fingerprint density at radius 2 is 1.76 bits per heavy atom. The van der Waals surface area contributed by atoms with Crippen LogP contribution < -0.4 is 10.5 Å². The van der Waals surface area contributed by atoms with Gasteiger partial charge in [-0.15, -0.1) is 0 Å². The van der Waals surface area contributed by atoms with Crippen LogP contribution in [0.5, 0.6) is 0 Å². The molecule has 0 spiro atoms. The van der Waals surface area contributed by atoms with E-state index >= 15 is 0 Å². The maximum atomic E-state index is 13.6. The predicted octanol–water partition coefficient (Wildman–Crippen LogP) is 5.49. The Balaban J connectivity index is 1.53. The number of amidine groups is 1. The molecule has 0 saturated carbocycles. The fourth-order valence-corrected chi connectivity index (χ4v) is 5.08. The van der Waals surface area contributed by atoms with Crippen LogP contribution in [-0.4, -0.2) is 32.4 Å². The van der Waals surface area contributed by atoms with Crippen molar-refractivity contribution in [2.24, 2.45) is 4.99 Å². The van der Waals surface area contributed by atoms with Crippen molar-refractivity contribution < 1.29 is 4.79 Å². The molecule has 6 nitrogen and oxygen atoms in total. The maximum absolute atomic E-state index is 13.6. The number of benzene rings is 3. The highest BCUT2D eigenvalue weighted by Crippen LogP contribution is 2.28. The number of hydrogen-bond donors (Lipinski definition) is 0. The van der Waals surface area contributed by atoms with Crippen molar-refractivity contribution >= 4 is 51.0 Å². The number of fused-ring (bicyclic) bond motifs is 1. The van der Waals surface area contributed by atoms with E-state index in [1.165, 1.54) is 0 Å². The predicted molar refractivity (Wildman–Crippen MR) is 140 cm³/mol. The molecule has 2 heterocycles. The van der Waals surface area contributed by atoms with Gasteiger partial charge in [0.05, 0.1) is 28.3 Å². The minimum atomic E-state index is -0.199. The zero-order valence-corrected chi connectivity index (χ0v) is 20.2. The van der Waals surface area contributed by atoms with E-state index in [1.807, 2.05) is 37.3 Å². The number of amides is 1. The van der Waals surface area contributed by atoms with E-state index in [-0.39, 0.29) is 17.5 Å². The lowest BCUT2D eigenvalue weighted by Crippen LogP contribution is -2.34. The average molecular weight is 489 g/mol. The molecule has 3 aromatic carbocycles. The molecule has 34 heavy (non-hydrogen) atoms. The Morgan fingerprint density at radius 3 is 2.44 bits per heavy atom. The van der Waals surface area contributed by atoms with Crippen LogP contribution in [0.2, 0.25) is 5.02 Å². The lowest BCUT2D eigenvalue weighted by Gasteiger charge is -2.22. The fourth-order valence-electron chi connectivity index (χ4n) is 3.92. The Labute approximate surface area is 205 Å². The lowest BCUT2D eigenvalue weighted by molar-refractivity contribution is 0.100. The summed E-state index contributed by atoms with van der Waals surface area (Å²) in [4.78, 5) is 37.5. The normalized spacial score (nSPS) is 15.4. The number of hydrogen-bond acceptors (Lipinski definition) is 5. The molecule has 170 valence electrons. The molecule has 0 bridgehead atoms. The molecule has 8 heteroatoms. The molecule has 0 radical (unpaired) electrons. The van der Waals surface area contributed by atoms with Crippen LogP contribution in [0.1, 0.15) is 23.1 Å². The number of anilines is 1. The molecule has 0 fully saturated rings. The molecular weight excluding hydrogens is 468 g/mol. The first-order valence-electron chi connectivity index (χ1n) is 10.8. The first-order chi connectivity index (χ1) is 16.4. The standard InChI is InChI=1S/C26H21ClN4O2S/c1-16-15-34-26(28-16)31(21-13-9-19(27)10-14-21)24(32)18-7-11-20(12-8-18)30-17(2)29-23-6-4-3-5-22(23)25(30)33/h3-14,16H,15H2,1-2H3. The van der Waals surface area contributed by atoms with Gasteiger partial charge in [-0.05, 0) is 74.5 Å². The molecule has 1 amide bonds. The minimum absolute atomic E-state index is 0.139. The lowest BCUT2D eigenvalue weighted by atomic mass is 10.1. The van der Waals surface area contributed by atoms with Crippen molar-refractivity contribution in [2.75, 3.05) is 10.7 Å². The van der Waals surface area contributed by atoms with Gasteiger partial charge in [0.25, 0.3) is 11.5 Å². The molecule has 1 atom stereocenters. The van der Waals surface area contributed by atoms with E-state index in [0.717, 1.165) is 5.75 Å². The first-order valence-corrected chi connectivity index (χ1v) is 12.2. The second-order valence-corrected chi connectivity index (χ2v) is 9.48. The minimum Gasteiger partial charge on any atom is -0.268 e. The van der Waals surface area contributed by atoms with Crippen molar-refractivity contribution in [3.05, 3.63) is 99.6 Å². The topological polar surface area (TPSA) is 67.6 Å². The van der Waals surface area contributed by atoms with Crippen LogP contribution in [0, 0.1) is 6.92 Å². The summed E-state index contributed by atoms with van der Waals surface area (Å²) in [5, 5.41) is 1.81. The molecule has 0 N–H and O–H groups in total. The SMILES string of the molecule is Cc1nc2ccccc2c(=O)n1-c1ccc(C(=O)N(C2=NC(C)CS2)c2ccc(Cl)cc2)cc1. The summed E-state index contributed by atoms with van der Waals surface area (Å²) in [7, 11) is 0. The number of aryl methyl sites for hydroxylation is 1. The number of rotatable bonds is 3. The van der Waals surface area contributed by atoms with Gasteiger partial charge in [-0.1, -0.05) is 35.5 Å². The monoisotopic (exact) mass is 488 g/mol. The zero-order valence-electron chi connectivity index (χ0n) is 18.6. The summed E-state index contributed by atoms with van der Waals surface area (Å²) in [5.41, 5.74) is 2.36. The summed E-state index contributed by atoms with van der Waals surface area (Å²) in [6.45, 7) is 3.82. The second kappa shape index (κ2) is 9.08. The Bertz CT molecular complexity index is 1480. The van der Waals surface area contributed by atoms with Gasteiger partial charge in [0.1, 0.15) is 5.82 Å². The van der Waals surface area contributed by atoms with E-state index in [9.17, 15) is 9.59 Å². The van der Waals surface area contributed by atoms with Gasteiger partial charge in [-0.25, -0.2) is 4.98 Å². The highest BCUT2D eigenvalue weighted by Gasteiger charge is 2.27. The number of aromatic nitrogens is 2. The first kappa shape index (κ1) is 22.4. The molecule has 1 aliphatic heterocycles. The summed E-state index contributed by atoms with van der Waals surface area (Å²) in [6, 6.07) is 21.5. The quantitative estimate of drug-likeness (QED) is 0.382. The van der Waals surface area contributed by atoms with Crippen molar-refractivity contribution in [2.45, 2.75) is 19.9 Å². The van der Waals surface area contributed by atoms with Gasteiger partial charge in [-0.2, -0.15) is 0 Å². The maximum Gasteiger partial charge on any atom is 0.265 e. The van der Waals surface area contributed by atoms with Crippen molar-refractivity contribution in [1.29, 1.82) is 0 Å². The number of nitrogens with zero attached hydrogens (tertiary/aromatic N) is 4. The van der Waals surface area contributed by atoms with Gasteiger partial charge < -0.3 is 0 Å². The smallest absolute Gasteiger partial charge is 0.265 e. The van der Waals surface area contributed by atoms with E-state index in [2.05, 4.69) is 9.98 Å². The molecular formula is C26H21ClN4O2S. The molecule has 1 aliphatic rings. The van der Waals surface area contributed by atoms with Crippen LogP contribution in [0.4, 0.5) is 5.69 Å². The van der Waals surface area contributed by atoms with Gasteiger partial charge >= 0.3 is 0 Å². The molecule has 4 aromatic rings. The van der Waals surface area contributed by atoms with Crippen LogP contribution in [0.3, 0.4) is 0 Å². The van der Waals surface area contributed by atoms with Crippen LogP contribution in [0.25, 0.3) is 16.6 Å². The van der Waals surface area contributed by atoms with Gasteiger partial charge in [0.15, 0.2) is 5.17 Å². The summed E-state index contributed by atoms with van der Waals surface area (Å²) < 4.78 is 1.56. The van der Waals surface area contributed by atoms with E-state index in [4.69, 9.17) is 11.6 Å². The molecule has 1 aromatic heterocycles. The second-order valence-electron chi connectivity index (χ2n) is 8.05. The van der Waals surface area contributed by atoms with Crippen molar-refractivity contribution in [3.63, 3.8) is 0 Å². The number of thioether (sulfide) groups is 1. The van der Waals surface area contributed by atoms with Crippen molar-refractivity contribution in [3.8, 4) is 5.69 Å². The summed E-state index contributed by atoms with van der Waals surface area (Å²) in [5.74, 6) is 1.20. The van der Waals surface area contributed by atoms with E-state index < -0.39 is 0 Å². The highest BCUT2D eigenvalue weighted by molar-refractivity contribution is 8.14. The van der Waals surface area contributed by atoms with E-state index in [0.29, 0.717) is 43.9 Å². The third-order valence-corrected chi connectivity index (χ3v) is 7.03. The fraction of sp³-hybridized carbons (Fsp3) is 0.154. The number of carbonyl (C=O) groups is 1. The Hall–Kier alpha value is -3.42. The third kappa shape index (κ3) is 4.13. The number of aliphatic imine (C=N–C) groups is 1. The molecule has 0 aliphatic carbocycles. The summed E-state index contributed by atoms with van der Waals surface area (Å²) >= 11 is 7.62. The van der Waals surface area contributed by atoms with Crippen LogP contribution in [-0.2, 0) is 0 Å². The van der Waals surface area contributed by atoms with E-state index in [1.54, 1.807) is 70.6 Å². The Morgan fingerprint density at radius 1 is 1.06 bits per heavy atom. The van der Waals surface area contributed by atoms with Crippen LogP contribution >= 0.6 is 23.4 Å². The third-order valence-electron chi connectivity index (χ3n) is 5.58. The number of carbonyl (C=O) groups excluding carboxylic acids is 1. The van der Waals surface area contributed by atoms with Gasteiger partial charge in [-0.3, -0.25) is 24.0 Å². The summed E-state index contributed by atoms with van der Waals surface area (Å²) in [6.07, 6.45) is 0. The van der Waals surface area contributed by atoms with Gasteiger partial charge in [0, 0.05) is 16.3 Å². The van der Waals surface area contributed by atoms with Gasteiger partial charge in [0.2, 0.25) is 0 Å². The number of para-hydroxylation sites is 1. The molecule has 5 rings (SSSR count). The van der Waals surface area contributed by atoms with Crippen molar-refractivity contribution in [1.82, 2.24) is 9.55 Å².